The van der Waals surface area contributed by atoms with Crippen LogP contribution in [0.4, 0.5) is 8.78 Å². The van der Waals surface area contributed by atoms with Crippen LogP contribution < -0.4 is 0 Å². The normalized spacial score (nSPS) is 11.1. The average Bonchev–Trinajstić information content (AvgIpc) is 3.47. The summed E-state index contributed by atoms with van der Waals surface area (Å²) in [4.78, 5) is 4.38. The van der Waals surface area contributed by atoms with Gasteiger partial charge in [-0.05, 0) is 42.0 Å². The fourth-order valence-electron chi connectivity index (χ4n) is 3.30. The van der Waals surface area contributed by atoms with Crippen molar-refractivity contribution in [2.75, 3.05) is 0 Å². The van der Waals surface area contributed by atoms with Crippen LogP contribution in [0.2, 0.25) is 0 Å². The maximum Gasteiger partial charge on any atom is 0.257 e. The van der Waals surface area contributed by atoms with E-state index >= 15 is 0 Å². The summed E-state index contributed by atoms with van der Waals surface area (Å²) in [6.45, 7) is 0.479. The van der Waals surface area contributed by atoms with Crippen molar-refractivity contribution < 1.29 is 13.3 Å². The molecule has 164 valence electrons. The standard InChI is InChI=1S/C24H17F2N5OS/c25-18-12-10-17(11-13-18)23-27-21(30-32-23)15-33-24-29-28-22(19-8-4-5-9-20(19)26)31(24)14-16-6-2-1-3-7-16/h1-13H,14-15H2. The Morgan fingerprint density at radius 1 is 0.848 bits per heavy atom. The minimum absolute atomic E-state index is 0.309. The van der Waals surface area contributed by atoms with E-state index in [1.54, 1.807) is 30.3 Å². The fourth-order valence-corrected chi connectivity index (χ4v) is 4.08. The largest absolute Gasteiger partial charge is 0.334 e. The van der Waals surface area contributed by atoms with Gasteiger partial charge < -0.3 is 4.52 Å². The molecule has 3 aromatic carbocycles. The Bertz CT molecular complexity index is 1370. The van der Waals surface area contributed by atoms with Gasteiger partial charge in [0.15, 0.2) is 16.8 Å². The van der Waals surface area contributed by atoms with E-state index in [9.17, 15) is 8.78 Å². The Labute approximate surface area is 192 Å². The predicted octanol–water partition coefficient (Wildman–Crippen LogP) is 5.61. The van der Waals surface area contributed by atoms with Crippen LogP contribution in [0.3, 0.4) is 0 Å². The number of hydrogen-bond donors (Lipinski definition) is 0. The lowest BCUT2D eigenvalue weighted by atomic mass is 10.2. The highest BCUT2D eigenvalue weighted by molar-refractivity contribution is 7.98. The second-order valence-electron chi connectivity index (χ2n) is 7.17. The van der Waals surface area contributed by atoms with Gasteiger partial charge in [-0.25, -0.2) is 8.78 Å². The summed E-state index contributed by atoms with van der Waals surface area (Å²) in [5.41, 5.74) is 2.05. The average molecular weight is 461 g/mol. The van der Waals surface area contributed by atoms with Gasteiger partial charge >= 0.3 is 0 Å². The molecule has 0 aliphatic carbocycles. The highest BCUT2D eigenvalue weighted by Crippen LogP contribution is 2.29. The van der Waals surface area contributed by atoms with Crippen molar-refractivity contribution >= 4 is 11.8 Å². The fraction of sp³-hybridized carbons (Fsp3) is 0.0833. The summed E-state index contributed by atoms with van der Waals surface area (Å²) in [5, 5.41) is 13.2. The van der Waals surface area contributed by atoms with Crippen LogP contribution >= 0.6 is 11.8 Å². The van der Waals surface area contributed by atoms with E-state index in [2.05, 4.69) is 20.3 Å². The molecule has 2 heterocycles. The van der Waals surface area contributed by atoms with Crippen molar-refractivity contribution in [3.63, 3.8) is 0 Å². The van der Waals surface area contributed by atoms with Gasteiger partial charge in [0.05, 0.1) is 17.9 Å². The van der Waals surface area contributed by atoms with Gasteiger partial charge in [0.25, 0.3) is 5.89 Å². The Balaban J connectivity index is 1.41. The lowest BCUT2D eigenvalue weighted by Crippen LogP contribution is -2.05. The van der Waals surface area contributed by atoms with E-state index in [0.29, 0.717) is 46.1 Å². The van der Waals surface area contributed by atoms with Crippen molar-refractivity contribution in [1.29, 1.82) is 0 Å². The molecular weight excluding hydrogens is 444 g/mol. The van der Waals surface area contributed by atoms with Gasteiger partial charge in [0.1, 0.15) is 11.6 Å². The molecule has 0 N–H and O–H groups in total. The third kappa shape index (κ3) is 4.68. The topological polar surface area (TPSA) is 69.6 Å². The first-order chi connectivity index (χ1) is 16.2. The number of hydrogen-bond acceptors (Lipinski definition) is 6. The van der Waals surface area contributed by atoms with E-state index in [4.69, 9.17) is 4.52 Å². The SMILES string of the molecule is Fc1ccc(-c2nc(CSc3nnc(-c4ccccc4F)n3Cc3ccccc3)no2)cc1. The van der Waals surface area contributed by atoms with Gasteiger partial charge in [0.2, 0.25) is 0 Å². The molecule has 6 nitrogen and oxygen atoms in total. The first-order valence-corrected chi connectivity index (χ1v) is 11.1. The van der Waals surface area contributed by atoms with Crippen molar-refractivity contribution in [3.8, 4) is 22.8 Å². The zero-order valence-corrected chi connectivity index (χ0v) is 18.0. The molecule has 0 radical (unpaired) electrons. The van der Waals surface area contributed by atoms with Crippen LogP contribution in [0.5, 0.6) is 0 Å². The molecular formula is C24H17F2N5OS. The summed E-state index contributed by atoms with van der Waals surface area (Å²) in [5.74, 6) is 0.883. The molecule has 5 aromatic rings. The predicted molar refractivity (Wildman–Crippen MR) is 120 cm³/mol. The number of aromatic nitrogens is 5. The summed E-state index contributed by atoms with van der Waals surface area (Å²) in [6, 6.07) is 22.2. The number of thioether (sulfide) groups is 1. The third-order valence-corrected chi connectivity index (χ3v) is 5.87. The summed E-state index contributed by atoms with van der Waals surface area (Å²) < 4.78 is 34.8. The van der Waals surface area contributed by atoms with Gasteiger partial charge in [-0.3, -0.25) is 4.57 Å². The summed E-state index contributed by atoms with van der Waals surface area (Å²) in [6.07, 6.45) is 0. The first kappa shape index (κ1) is 21.0. The number of halogens is 2. The molecule has 0 fully saturated rings. The minimum Gasteiger partial charge on any atom is -0.334 e. The lowest BCUT2D eigenvalue weighted by molar-refractivity contribution is 0.425. The van der Waals surface area contributed by atoms with E-state index < -0.39 is 0 Å². The molecule has 9 heteroatoms. The van der Waals surface area contributed by atoms with E-state index in [-0.39, 0.29) is 11.6 Å². The zero-order valence-electron chi connectivity index (χ0n) is 17.2. The van der Waals surface area contributed by atoms with Crippen molar-refractivity contribution in [1.82, 2.24) is 24.9 Å². The molecule has 0 saturated heterocycles. The maximum absolute atomic E-state index is 14.5. The Morgan fingerprint density at radius 2 is 1.61 bits per heavy atom. The van der Waals surface area contributed by atoms with Crippen LogP contribution in [0, 0.1) is 11.6 Å². The second kappa shape index (κ2) is 9.33. The van der Waals surface area contributed by atoms with E-state index in [1.807, 2.05) is 34.9 Å². The zero-order chi connectivity index (χ0) is 22.6. The first-order valence-electron chi connectivity index (χ1n) is 10.1. The van der Waals surface area contributed by atoms with E-state index in [1.165, 1.54) is 30.0 Å². The lowest BCUT2D eigenvalue weighted by Gasteiger charge is -2.10. The molecule has 0 bridgehead atoms. The van der Waals surface area contributed by atoms with Crippen molar-refractivity contribution in [2.24, 2.45) is 0 Å². The highest BCUT2D eigenvalue weighted by Gasteiger charge is 2.18. The quantitative estimate of drug-likeness (QED) is 0.293. The van der Waals surface area contributed by atoms with Crippen LogP contribution in [-0.2, 0) is 12.3 Å². The second-order valence-corrected chi connectivity index (χ2v) is 8.11. The van der Waals surface area contributed by atoms with E-state index in [0.717, 1.165) is 5.56 Å². The summed E-state index contributed by atoms with van der Waals surface area (Å²) >= 11 is 1.37. The minimum atomic E-state index is -0.363. The smallest absolute Gasteiger partial charge is 0.257 e. The molecule has 0 aliphatic heterocycles. The molecule has 0 spiro atoms. The van der Waals surface area contributed by atoms with Gasteiger partial charge in [-0.15, -0.1) is 10.2 Å². The Kier molecular flexibility index (Phi) is 5.95. The molecule has 5 rings (SSSR count). The van der Waals surface area contributed by atoms with Crippen LogP contribution in [0.15, 0.2) is 88.5 Å². The number of rotatable bonds is 7. The Hall–Kier alpha value is -3.85. The molecule has 0 aliphatic rings. The number of benzene rings is 3. The monoisotopic (exact) mass is 461 g/mol. The Morgan fingerprint density at radius 3 is 2.39 bits per heavy atom. The molecule has 2 aromatic heterocycles. The van der Waals surface area contributed by atoms with Crippen molar-refractivity contribution in [3.05, 3.63) is 102 Å². The van der Waals surface area contributed by atoms with Crippen LogP contribution in [-0.4, -0.2) is 24.9 Å². The van der Waals surface area contributed by atoms with Crippen LogP contribution in [0.25, 0.3) is 22.8 Å². The number of nitrogens with zero attached hydrogens (tertiary/aromatic N) is 5. The third-order valence-electron chi connectivity index (χ3n) is 4.90. The van der Waals surface area contributed by atoms with Crippen LogP contribution in [0.1, 0.15) is 11.4 Å². The molecule has 0 saturated carbocycles. The van der Waals surface area contributed by atoms with Gasteiger partial charge in [0, 0.05) is 5.56 Å². The van der Waals surface area contributed by atoms with Gasteiger partial charge in [-0.2, -0.15) is 4.98 Å². The highest BCUT2D eigenvalue weighted by atomic mass is 32.2. The maximum atomic E-state index is 14.5. The van der Waals surface area contributed by atoms with Gasteiger partial charge in [-0.1, -0.05) is 59.4 Å². The molecule has 0 atom stereocenters. The van der Waals surface area contributed by atoms with Crippen molar-refractivity contribution in [2.45, 2.75) is 17.5 Å². The summed E-state index contributed by atoms with van der Waals surface area (Å²) in [7, 11) is 0. The molecule has 0 amide bonds. The molecule has 33 heavy (non-hydrogen) atoms. The molecule has 0 unspecified atom stereocenters.